The zero-order valence-corrected chi connectivity index (χ0v) is 13.9. The molecule has 120 valence electrons. The monoisotopic (exact) mass is 336 g/mol. The van der Waals surface area contributed by atoms with Crippen LogP contribution in [0.5, 0.6) is 0 Å². The van der Waals surface area contributed by atoms with Crippen LogP contribution in [0.25, 0.3) is 0 Å². The van der Waals surface area contributed by atoms with Crippen LogP contribution in [0.3, 0.4) is 0 Å². The molecule has 0 aliphatic heterocycles. The molecule has 1 amide bonds. The molecular formula is C13H22ClN2O4P. The summed E-state index contributed by atoms with van der Waals surface area (Å²) >= 11 is 0. The highest BCUT2D eigenvalue weighted by Gasteiger charge is 2.23. The highest BCUT2D eigenvalue weighted by atomic mass is 35.5. The number of carbonyl (C=O) groups is 1. The summed E-state index contributed by atoms with van der Waals surface area (Å²) in [5, 5.41) is 2.64. The van der Waals surface area contributed by atoms with Gasteiger partial charge in [-0.25, -0.2) is 0 Å². The van der Waals surface area contributed by atoms with Crippen LogP contribution in [0.4, 0.5) is 5.69 Å². The second-order valence-electron chi connectivity index (χ2n) is 4.05. The Morgan fingerprint density at radius 3 is 2.14 bits per heavy atom. The number of hydrogen-bond donors (Lipinski definition) is 2. The van der Waals surface area contributed by atoms with Gasteiger partial charge in [-0.05, 0) is 31.5 Å². The molecule has 0 aliphatic rings. The molecule has 0 unspecified atom stereocenters. The van der Waals surface area contributed by atoms with E-state index in [0.717, 1.165) is 5.56 Å². The first-order valence-corrected chi connectivity index (χ1v) is 8.22. The quantitative estimate of drug-likeness (QED) is 0.712. The zero-order chi connectivity index (χ0) is 15.0. The number of nitrogens with one attached hydrogen (secondary N) is 1. The summed E-state index contributed by atoms with van der Waals surface area (Å²) < 4.78 is 22.8. The minimum Gasteiger partial charge on any atom is -0.325 e. The maximum atomic E-state index is 12.4. The van der Waals surface area contributed by atoms with Crippen molar-refractivity contribution in [3.63, 3.8) is 0 Å². The van der Waals surface area contributed by atoms with Gasteiger partial charge in [0.15, 0.2) is 0 Å². The lowest BCUT2D eigenvalue weighted by molar-refractivity contribution is -0.114. The first-order chi connectivity index (χ1) is 9.53. The van der Waals surface area contributed by atoms with Crippen LogP contribution < -0.4 is 11.1 Å². The normalized spacial score (nSPS) is 10.8. The highest BCUT2D eigenvalue weighted by Crippen LogP contribution is 2.51. The first-order valence-electron chi connectivity index (χ1n) is 6.50. The molecule has 0 saturated heterocycles. The summed E-state index contributed by atoms with van der Waals surface area (Å²) in [6.07, 6.45) is 0.208. The van der Waals surface area contributed by atoms with Crippen LogP contribution in [0.15, 0.2) is 24.3 Å². The van der Waals surface area contributed by atoms with E-state index >= 15 is 0 Å². The minimum absolute atomic E-state index is 0. The summed E-state index contributed by atoms with van der Waals surface area (Å²) in [7, 11) is -3.10. The predicted molar refractivity (Wildman–Crippen MR) is 85.9 cm³/mol. The van der Waals surface area contributed by atoms with Gasteiger partial charge in [0.2, 0.25) is 5.91 Å². The Hall–Kier alpha value is -0.910. The molecule has 0 aliphatic carbocycles. The third kappa shape index (κ3) is 7.07. The van der Waals surface area contributed by atoms with E-state index in [-0.39, 0.29) is 31.0 Å². The molecule has 6 nitrogen and oxygen atoms in total. The van der Waals surface area contributed by atoms with Crippen LogP contribution in [0.1, 0.15) is 19.4 Å². The zero-order valence-electron chi connectivity index (χ0n) is 12.2. The average molecular weight is 337 g/mol. The van der Waals surface area contributed by atoms with Crippen LogP contribution >= 0.6 is 20.0 Å². The Kier molecular flexibility index (Phi) is 9.49. The Morgan fingerprint density at radius 1 is 1.19 bits per heavy atom. The molecule has 0 spiro atoms. The highest BCUT2D eigenvalue weighted by molar-refractivity contribution is 7.53. The third-order valence-electron chi connectivity index (χ3n) is 2.45. The van der Waals surface area contributed by atoms with Crippen molar-refractivity contribution >= 4 is 31.6 Å². The fourth-order valence-electron chi connectivity index (χ4n) is 1.65. The Bertz CT molecular complexity index is 472. The van der Waals surface area contributed by atoms with E-state index < -0.39 is 7.60 Å². The molecule has 1 aromatic rings. The molecule has 21 heavy (non-hydrogen) atoms. The van der Waals surface area contributed by atoms with Crippen molar-refractivity contribution in [3.05, 3.63) is 29.8 Å². The smallest absolute Gasteiger partial charge is 0.325 e. The molecule has 0 fully saturated rings. The maximum absolute atomic E-state index is 12.4. The van der Waals surface area contributed by atoms with Crippen molar-refractivity contribution < 1.29 is 18.4 Å². The van der Waals surface area contributed by atoms with Crippen molar-refractivity contribution in [2.45, 2.75) is 20.0 Å². The van der Waals surface area contributed by atoms with Crippen molar-refractivity contribution in [1.29, 1.82) is 0 Å². The van der Waals surface area contributed by atoms with Gasteiger partial charge in [-0.2, -0.15) is 0 Å². The number of amides is 1. The molecule has 8 heteroatoms. The molecule has 0 radical (unpaired) electrons. The SMILES string of the molecule is CCOP(=O)(Cc1ccc(NC(=O)CN)cc1)OCC.Cl. The fourth-order valence-corrected chi connectivity index (χ4v) is 3.35. The van der Waals surface area contributed by atoms with E-state index in [9.17, 15) is 9.36 Å². The lowest BCUT2D eigenvalue weighted by Gasteiger charge is -2.17. The molecule has 1 aromatic carbocycles. The molecule has 1 rings (SSSR count). The van der Waals surface area contributed by atoms with Crippen LogP contribution in [-0.2, 0) is 24.6 Å². The number of carbonyl (C=O) groups excluding carboxylic acids is 1. The Morgan fingerprint density at radius 2 is 1.71 bits per heavy atom. The standard InChI is InChI=1S/C13H21N2O4P.ClH/c1-3-18-20(17,19-4-2)10-11-5-7-12(8-6-11)15-13(16)9-14;/h5-8H,3-4,9-10,14H2,1-2H3,(H,15,16);1H. The van der Waals surface area contributed by atoms with Crippen molar-refractivity contribution in [1.82, 2.24) is 0 Å². The maximum Gasteiger partial charge on any atom is 0.335 e. The van der Waals surface area contributed by atoms with Gasteiger partial charge in [-0.3, -0.25) is 9.36 Å². The molecule has 0 bridgehead atoms. The van der Waals surface area contributed by atoms with Gasteiger partial charge in [0.05, 0.1) is 25.9 Å². The van der Waals surface area contributed by atoms with Crippen LogP contribution in [-0.4, -0.2) is 25.7 Å². The molecule has 0 saturated carbocycles. The lowest BCUT2D eigenvalue weighted by atomic mass is 10.2. The summed E-state index contributed by atoms with van der Waals surface area (Å²) in [6.45, 7) is 4.16. The number of halogens is 1. The van der Waals surface area contributed by atoms with E-state index in [1.807, 2.05) is 0 Å². The Balaban J connectivity index is 0.00000400. The summed E-state index contributed by atoms with van der Waals surface area (Å²) in [6, 6.07) is 7.00. The van der Waals surface area contributed by atoms with Gasteiger partial charge in [0.25, 0.3) is 0 Å². The van der Waals surface area contributed by atoms with Crippen molar-refractivity contribution in [3.8, 4) is 0 Å². The van der Waals surface area contributed by atoms with Crippen molar-refractivity contribution in [2.75, 3.05) is 25.1 Å². The first kappa shape index (κ1) is 20.1. The minimum atomic E-state index is -3.10. The summed E-state index contributed by atoms with van der Waals surface area (Å²) in [5.41, 5.74) is 6.68. The number of anilines is 1. The fraction of sp³-hybridized carbons (Fsp3) is 0.462. The second-order valence-corrected chi connectivity index (χ2v) is 6.11. The summed E-state index contributed by atoms with van der Waals surface area (Å²) in [4.78, 5) is 11.1. The van der Waals surface area contributed by atoms with Gasteiger partial charge < -0.3 is 20.1 Å². The number of nitrogens with two attached hydrogens (primary N) is 1. The van der Waals surface area contributed by atoms with Crippen LogP contribution in [0, 0.1) is 0 Å². The molecule has 0 aromatic heterocycles. The van der Waals surface area contributed by atoms with E-state index in [4.69, 9.17) is 14.8 Å². The average Bonchev–Trinajstić information content (AvgIpc) is 2.41. The molecule has 3 N–H and O–H groups in total. The van der Waals surface area contributed by atoms with Gasteiger partial charge in [0, 0.05) is 5.69 Å². The van der Waals surface area contributed by atoms with E-state index in [1.165, 1.54) is 0 Å². The number of rotatable bonds is 8. The van der Waals surface area contributed by atoms with Gasteiger partial charge in [0.1, 0.15) is 0 Å². The van der Waals surface area contributed by atoms with E-state index in [0.29, 0.717) is 18.9 Å². The van der Waals surface area contributed by atoms with Gasteiger partial charge >= 0.3 is 7.60 Å². The number of benzene rings is 1. The molecular weight excluding hydrogens is 315 g/mol. The van der Waals surface area contributed by atoms with Crippen molar-refractivity contribution in [2.24, 2.45) is 5.73 Å². The topological polar surface area (TPSA) is 90.7 Å². The Labute approximate surface area is 131 Å². The largest absolute Gasteiger partial charge is 0.335 e. The van der Waals surface area contributed by atoms with E-state index in [1.54, 1.807) is 38.1 Å². The summed E-state index contributed by atoms with van der Waals surface area (Å²) in [5.74, 6) is -0.257. The third-order valence-corrected chi connectivity index (χ3v) is 4.51. The molecule has 0 atom stereocenters. The van der Waals surface area contributed by atoms with E-state index in [2.05, 4.69) is 5.32 Å². The molecule has 0 heterocycles. The number of hydrogen-bond acceptors (Lipinski definition) is 5. The van der Waals surface area contributed by atoms with Crippen LogP contribution in [0.2, 0.25) is 0 Å². The predicted octanol–water partition coefficient (Wildman–Crippen LogP) is 2.77. The van der Waals surface area contributed by atoms with Gasteiger partial charge in [-0.1, -0.05) is 12.1 Å². The van der Waals surface area contributed by atoms with Gasteiger partial charge in [-0.15, -0.1) is 12.4 Å². The lowest BCUT2D eigenvalue weighted by Crippen LogP contribution is -2.21. The second kappa shape index (κ2) is 9.92.